The van der Waals surface area contributed by atoms with Gasteiger partial charge in [0, 0.05) is 25.1 Å². The highest BCUT2D eigenvalue weighted by atomic mass is 16.6. The number of carbonyl (C=O) groups is 2. The third-order valence-corrected chi connectivity index (χ3v) is 3.55. The van der Waals surface area contributed by atoms with Crippen LogP contribution in [0.3, 0.4) is 0 Å². The normalized spacial score (nSPS) is 25.8. The number of aliphatic carboxylic acids is 1. The summed E-state index contributed by atoms with van der Waals surface area (Å²) in [4.78, 5) is 24.6. The molecule has 1 amide bonds. The van der Waals surface area contributed by atoms with E-state index >= 15 is 0 Å². The lowest BCUT2D eigenvalue weighted by Gasteiger charge is -2.54. The molecule has 0 radical (unpaired) electrons. The summed E-state index contributed by atoms with van der Waals surface area (Å²) in [7, 11) is 0. The first-order valence-corrected chi connectivity index (χ1v) is 6.56. The lowest BCUT2D eigenvalue weighted by molar-refractivity contribution is -0.186. The number of amides is 1. The van der Waals surface area contributed by atoms with Gasteiger partial charge in [0.15, 0.2) is 6.10 Å². The average Bonchev–Trinajstić information content (AvgIpc) is 2.23. The molecule has 0 aromatic rings. The third kappa shape index (κ3) is 2.83. The van der Waals surface area contributed by atoms with Gasteiger partial charge in [-0.1, -0.05) is 0 Å². The molecule has 1 atom stereocenters. The molecular weight excluding hydrogens is 250 g/mol. The third-order valence-electron chi connectivity index (χ3n) is 3.55. The standard InChI is InChI=1S/C13H21NO5/c1-12(2,3)19-11(17)14-7-13(8-14)5-4-6-18-9(13)10(15)16/h9H,4-8H2,1-3H3,(H,15,16). The lowest BCUT2D eigenvalue weighted by atomic mass is 9.70. The second-order valence-corrected chi connectivity index (χ2v) is 6.39. The van der Waals surface area contributed by atoms with Crippen LogP contribution in [0.25, 0.3) is 0 Å². The summed E-state index contributed by atoms with van der Waals surface area (Å²) >= 11 is 0. The van der Waals surface area contributed by atoms with Gasteiger partial charge in [0.2, 0.25) is 0 Å². The minimum absolute atomic E-state index is 0.382. The zero-order valence-corrected chi connectivity index (χ0v) is 11.6. The number of nitrogens with zero attached hydrogens (tertiary/aromatic N) is 1. The van der Waals surface area contributed by atoms with Crippen molar-refractivity contribution in [2.24, 2.45) is 5.41 Å². The smallest absolute Gasteiger partial charge is 0.410 e. The van der Waals surface area contributed by atoms with Crippen LogP contribution in [0.1, 0.15) is 33.6 Å². The fraction of sp³-hybridized carbons (Fsp3) is 0.846. The fourth-order valence-corrected chi connectivity index (χ4v) is 2.76. The maximum Gasteiger partial charge on any atom is 0.410 e. The molecule has 2 rings (SSSR count). The van der Waals surface area contributed by atoms with Gasteiger partial charge in [-0.2, -0.15) is 0 Å². The Labute approximate surface area is 112 Å². The van der Waals surface area contributed by atoms with Gasteiger partial charge in [-0.25, -0.2) is 9.59 Å². The van der Waals surface area contributed by atoms with Crippen LogP contribution in [0.5, 0.6) is 0 Å². The van der Waals surface area contributed by atoms with Crippen LogP contribution < -0.4 is 0 Å². The van der Waals surface area contributed by atoms with E-state index in [0.29, 0.717) is 19.7 Å². The minimum atomic E-state index is -0.941. The number of likely N-dealkylation sites (tertiary alicyclic amines) is 1. The van der Waals surface area contributed by atoms with Crippen LogP contribution in [0.2, 0.25) is 0 Å². The molecular formula is C13H21NO5. The lowest BCUT2D eigenvalue weighted by Crippen LogP contribution is -2.67. The largest absolute Gasteiger partial charge is 0.479 e. The summed E-state index contributed by atoms with van der Waals surface area (Å²) in [5, 5.41) is 9.19. The van der Waals surface area contributed by atoms with Crippen LogP contribution in [0.15, 0.2) is 0 Å². The molecule has 0 aromatic carbocycles. The van der Waals surface area contributed by atoms with E-state index in [1.807, 2.05) is 20.8 Å². The zero-order valence-electron chi connectivity index (χ0n) is 11.6. The van der Waals surface area contributed by atoms with Gasteiger partial charge in [-0.3, -0.25) is 0 Å². The van der Waals surface area contributed by atoms with E-state index in [1.165, 1.54) is 0 Å². The topological polar surface area (TPSA) is 76.1 Å². The highest BCUT2D eigenvalue weighted by Gasteiger charge is 2.55. The number of hydrogen-bond acceptors (Lipinski definition) is 4. The molecule has 6 heteroatoms. The van der Waals surface area contributed by atoms with E-state index in [-0.39, 0.29) is 6.09 Å². The Kier molecular flexibility index (Phi) is 3.47. The van der Waals surface area contributed by atoms with Gasteiger partial charge in [0.25, 0.3) is 0 Å². The number of ether oxygens (including phenoxy) is 2. The molecule has 108 valence electrons. The van der Waals surface area contributed by atoms with E-state index in [9.17, 15) is 14.7 Å². The van der Waals surface area contributed by atoms with Crippen molar-refractivity contribution in [2.75, 3.05) is 19.7 Å². The molecule has 2 aliphatic rings. The van der Waals surface area contributed by atoms with Gasteiger partial charge < -0.3 is 19.5 Å². The molecule has 19 heavy (non-hydrogen) atoms. The van der Waals surface area contributed by atoms with E-state index < -0.39 is 23.1 Å². The second-order valence-electron chi connectivity index (χ2n) is 6.39. The Balaban J connectivity index is 1.96. The van der Waals surface area contributed by atoms with Crippen molar-refractivity contribution in [2.45, 2.75) is 45.3 Å². The summed E-state index contributed by atoms with van der Waals surface area (Å²) in [5.74, 6) is -0.941. The number of carboxylic acid groups (broad SMARTS) is 1. The SMILES string of the molecule is CC(C)(C)OC(=O)N1CC2(CCCOC2C(=O)O)C1. The molecule has 2 aliphatic heterocycles. The van der Waals surface area contributed by atoms with E-state index in [2.05, 4.69) is 0 Å². The van der Waals surface area contributed by atoms with Crippen molar-refractivity contribution in [1.82, 2.24) is 4.90 Å². The quantitative estimate of drug-likeness (QED) is 0.782. The number of carboxylic acids is 1. The molecule has 0 aliphatic carbocycles. The van der Waals surface area contributed by atoms with Gasteiger partial charge in [0.1, 0.15) is 5.60 Å². The van der Waals surface area contributed by atoms with Crippen molar-refractivity contribution in [3.05, 3.63) is 0 Å². The summed E-state index contributed by atoms with van der Waals surface area (Å²) in [5.41, 5.74) is -0.962. The van der Waals surface area contributed by atoms with Crippen molar-refractivity contribution in [3.63, 3.8) is 0 Å². The minimum Gasteiger partial charge on any atom is -0.479 e. The molecule has 0 aromatic heterocycles. The summed E-state index contributed by atoms with van der Waals surface area (Å²) in [6, 6.07) is 0. The molecule has 1 N–H and O–H groups in total. The Bertz CT molecular complexity index is 381. The van der Waals surface area contributed by atoms with Crippen LogP contribution in [0, 0.1) is 5.41 Å². The molecule has 0 bridgehead atoms. The molecule has 2 fully saturated rings. The number of hydrogen-bond donors (Lipinski definition) is 1. The number of rotatable bonds is 1. The van der Waals surface area contributed by atoms with E-state index in [1.54, 1.807) is 4.90 Å². The molecule has 1 unspecified atom stereocenters. The fourth-order valence-electron chi connectivity index (χ4n) is 2.76. The van der Waals surface area contributed by atoms with Crippen LogP contribution in [-0.2, 0) is 14.3 Å². The monoisotopic (exact) mass is 271 g/mol. The van der Waals surface area contributed by atoms with Gasteiger partial charge >= 0.3 is 12.1 Å². The van der Waals surface area contributed by atoms with Crippen LogP contribution in [0.4, 0.5) is 4.79 Å². The highest BCUT2D eigenvalue weighted by molar-refractivity contribution is 5.76. The van der Waals surface area contributed by atoms with E-state index in [4.69, 9.17) is 9.47 Å². The average molecular weight is 271 g/mol. The Morgan fingerprint density at radius 3 is 2.53 bits per heavy atom. The zero-order chi connectivity index (χ0) is 14.3. The van der Waals surface area contributed by atoms with Crippen molar-refractivity contribution < 1.29 is 24.2 Å². The summed E-state index contributed by atoms with van der Waals surface area (Å²) < 4.78 is 10.6. The Hall–Kier alpha value is -1.30. The van der Waals surface area contributed by atoms with Crippen molar-refractivity contribution in [3.8, 4) is 0 Å². The molecule has 2 saturated heterocycles. The van der Waals surface area contributed by atoms with Gasteiger partial charge in [-0.05, 0) is 33.6 Å². The van der Waals surface area contributed by atoms with Crippen molar-refractivity contribution >= 4 is 12.1 Å². The van der Waals surface area contributed by atoms with Crippen LogP contribution >= 0.6 is 0 Å². The Morgan fingerprint density at radius 2 is 2.00 bits per heavy atom. The van der Waals surface area contributed by atoms with Gasteiger partial charge in [-0.15, -0.1) is 0 Å². The predicted octanol–water partition coefficient (Wildman–Crippen LogP) is 1.49. The van der Waals surface area contributed by atoms with Crippen LogP contribution in [-0.4, -0.2) is 53.5 Å². The van der Waals surface area contributed by atoms with Crippen molar-refractivity contribution in [1.29, 1.82) is 0 Å². The highest BCUT2D eigenvalue weighted by Crippen LogP contribution is 2.43. The second kappa shape index (κ2) is 4.67. The van der Waals surface area contributed by atoms with E-state index in [0.717, 1.165) is 12.8 Å². The summed E-state index contributed by atoms with van der Waals surface area (Å²) in [6.07, 6.45) is 0.433. The Morgan fingerprint density at radius 1 is 1.37 bits per heavy atom. The first-order valence-electron chi connectivity index (χ1n) is 6.56. The molecule has 0 saturated carbocycles. The predicted molar refractivity (Wildman–Crippen MR) is 66.8 cm³/mol. The molecule has 6 nitrogen and oxygen atoms in total. The first-order chi connectivity index (χ1) is 8.73. The number of carbonyl (C=O) groups excluding carboxylic acids is 1. The maximum atomic E-state index is 11.9. The van der Waals surface area contributed by atoms with Gasteiger partial charge in [0.05, 0.1) is 0 Å². The first kappa shape index (κ1) is 14.1. The maximum absolute atomic E-state index is 11.9. The molecule has 2 heterocycles. The molecule has 1 spiro atoms. The summed E-state index contributed by atoms with van der Waals surface area (Å²) in [6.45, 7) is 6.71.